The van der Waals surface area contributed by atoms with Gasteiger partial charge in [-0.15, -0.1) is 0 Å². The van der Waals surface area contributed by atoms with Crippen LogP contribution in [0.15, 0.2) is 0 Å². The molecular weight excluding hydrogens is 356 g/mol. The van der Waals surface area contributed by atoms with Gasteiger partial charge in [-0.2, -0.15) is 0 Å². The van der Waals surface area contributed by atoms with Crippen molar-refractivity contribution in [1.29, 1.82) is 0 Å². The van der Waals surface area contributed by atoms with Gasteiger partial charge < -0.3 is 31.1 Å². The first-order valence-electron chi connectivity index (χ1n) is 7.50. The Balaban J connectivity index is 4.43. The number of rotatable bonds is 13. The predicted molar refractivity (Wildman–Crippen MR) is 82.1 cm³/mol. The van der Waals surface area contributed by atoms with Crippen LogP contribution in [0.1, 0.15) is 38.5 Å². The molecule has 146 valence electrons. The van der Waals surface area contributed by atoms with Gasteiger partial charge in [-0.05, 0) is 12.8 Å². The molecule has 12 nitrogen and oxygen atoms in total. The predicted octanol–water partition coefficient (Wildman–Crippen LogP) is -1.36. The van der Waals surface area contributed by atoms with E-state index in [9.17, 15) is 28.8 Å². The maximum absolute atomic E-state index is 11.6. The van der Waals surface area contributed by atoms with Crippen LogP contribution in [0.2, 0.25) is 0 Å². The smallest absolute Gasteiger partial charge is 0.326 e. The average molecular weight is 376 g/mol. The molecular formula is C14H20N2O10. The number of nitrogens with one attached hydrogen (secondary N) is 2. The first-order valence-corrected chi connectivity index (χ1v) is 7.50. The van der Waals surface area contributed by atoms with Gasteiger partial charge in [0.25, 0.3) is 0 Å². The van der Waals surface area contributed by atoms with E-state index in [4.69, 9.17) is 20.4 Å². The molecule has 0 aromatic rings. The van der Waals surface area contributed by atoms with Crippen molar-refractivity contribution in [1.82, 2.24) is 10.6 Å². The summed E-state index contributed by atoms with van der Waals surface area (Å²) in [6.07, 6.45) is -2.51. The summed E-state index contributed by atoms with van der Waals surface area (Å²) in [5, 5.41) is 39.0. The molecule has 0 aliphatic heterocycles. The molecule has 0 heterocycles. The summed E-state index contributed by atoms with van der Waals surface area (Å²) in [5.74, 6) is -6.96. The van der Waals surface area contributed by atoms with E-state index in [1.54, 1.807) is 0 Å². The van der Waals surface area contributed by atoms with E-state index in [1.807, 2.05) is 0 Å². The van der Waals surface area contributed by atoms with Gasteiger partial charge in [-0.1, -0.05) is 0 Å². The molecule has 0 radical (unpaired) electrons. The molecule has 12 heteroatoms. The van der Waals surface area contributed by atoms with Gasteiger partial charge in [-0.25, -0.2) is 9.59 Å². The summed E-state index contributed by atoms with van der Waals surface area (Å²) in [6.45, 7) is 0. The fourth-order valence-electron chi connectivity index (χ4n) is 1.81. The van der Waals surface area contributed by atoms with Crippen molar-refractivity contribution in [2.24, 2.45) is 0 Å². The molecule has 0 saturated heterocycles. The van der Waals surface area contributed by atoms with Crippen molar-refractivity contribution >= 4 is 35.7 Å². The minimum Gasteiger partial charge on any atom is -0.481 e. The highest BCUT2D eigenvalue weighted by molar-refractivity contribution is 5.88. The molecule has 0 rings (SSSR count). The van der Waals surface area contributed by atoms with E-state index < -0.39 is 73.5 Å². The monoisotopic (exact) mass is 376 g/mol. The lowest BCUT2D eigenvalue weighted by Crippen LogP contribution is -2.43. The molecule has 0 bridgehead atoms. The fourth-order valence-corrected chi connectivity index (χ4v) is 1.81. The molecule has 2 atom stereocenters. The van der Waals surface area contributed by atoms with Gasteiger partial charge in [-0.3, -0.25) is 19.2 Å². The minimum atomic E-state index is -1.43. The summed E-state index contributed by atoms with van der Waals surface area (Å²) in [6, 6.07) is -2.85. The van der Waals surface area contributed by atoms with Crippen molar-refractivity contribution < 1.29 is 49.2 Å². The molecule has 0 aromatic carbocycles. The molecule has 0 saturated carbocycles. The van der Waals surface area contributed by atoms with E-state index in [-0.39, 0.29) is 12.8 Å². The number of amides is 2. The van der Waals surface area contributed by atoms with Gasteiger partial charge in [0.15, 0.2) is 0 Å². The number of hydrogen-bond acceptors (Lipinski definition) is 6. The summed E-state index contributed by atoms with van der Waals surface area (Å²) in [5.41, 5.74) is 0. The normalized spacial score (nSPS) is 12.5. The summed E-state index contributed by atoms with van der Waals surface area (Å²) in [4.78, 5) is 66.0. The lowest BCUT2D eigenvalue weighted by Gasteiger charge is -2.15. The van der Waals surface area contributed by atoms with Crippen LogP contribution in [-0.2, 0) is 28.8 Å². The van der Waals surface area contributed by atoms with Crippen LogP contribution in [0.5, 0.6) is 0 Å². The van der Waals surface area contributed by atoms with Gasteiger partial charge in [0, 0.05) is 25.7 Å². The maximum atomic E-state index is 11.6. The van der Waals surface area contributed by atoms with Crippen molar-refractivity contribution in [3.05, 3.63) is 0 Å². The summed E-state index contributed by atoms with van der Waals surface area (Å²) >= 11 is 0. The largest absolute Gasteiger partial charge is 0.481 e. The van der Waals surface area contributed by atoms with Crippen molar-refractivity contribution in [2.75, 3.05) is 0 Å². The van der Waals surface area contributed by atoms with E-state index in [1.165, 1.54) is 0 Å². The molecule has 2 amide bonds. The standard InChI is InChI=1S/C14H20N2O10/c17-9(15-7(13(23)24)1-5-11(19)20)3-4-10(18)16-8(14(25)26)2-6-12(21)22/h7-8H,1-6H2,(H,15,17)(H,16,18)(H,19,20)(H,21,22)(H,23,24)(H,25,26)/t7-,8+. The van der Waals surface area contributed by atoms with Gasteiger partial charge in [0.2, 0.25) is 11.8 Å². The zero-order valence-corrected chi connectivity index (χ0v) is 13.6. The fraction of sp³-hybridized carbons (Fsp3) is 0.571. The van der Waals surface area contributed by atoms with Crippen molar-refractivity contribution in [3.63, 3.8) is 0 Å². The lowest BCUT2D eigenvalue weighted by atomic mass is 10.1. The second-order valence-electron chi connectivity index (χ2n) is 5.28. The topological polar surface area (TPSA) is 207 Å². The van der Waals surface area contributed by atoms with Crippen LogP contribution in [0.3, 0.4) is 0 Å². The van der Waals surface area contributed by atoms with Crippen LogP contribution in [-0.4, -0.2) is 68.2 Å². The Morgan fingerprint density at radius 2 is 0.885 bits per heavy atom. The molecule has 0 unspecified atom stereocenters. The average Bonchev–Trinajstić information content (AvgIpc) is 2.52. The highest BCUT2D eigenvalue weighted by atomic mass is 16.4. The highest BCUT2D eigenvalue weighted by Gasteiger charge is 2.23. The molecule has 0 spiro atoms. The number of hydrogen-bond donors (Lipinski definition) is 6. The van der Waals surface area contributed by atoms with Crippen LogP contribution >= 0.6 is 0 Å². The van der Waals surface area contributed by atoms with Gasteiger partial charge in [0.1, 0.15) is 12.1 Å². The number of carboxylic acids is 4. The van der Waals surface area contributed by atoms with Crippen molar-refractivity contribution in [2.45, 2.75) is 50.6 Å². The third-order valence-electron chi connectivity index (χ3n) is 3.14. The summed E-state index contributed by atoms with van der Waals surface area (Å²) < 4.78 is 0. The Labute approximate surface area is 147 Å². The molecule has 26 heavy (non-hydrogen) atoms. The molecule has 6 N–H and O–H groups in total. The Hall–Kier alpha value is -3.18. The molecule has 0 aliphatic rings. The van der Waals surface area contributed by atoms with Gasteiger partial charge in [0.05, 0.1) is 0 Å². The van der Waals surface area contributed by atoms with E-state index in [2.05, 4.69) is 10.6 Å². The first kappa shape index (κ1) is 22.8. The third-order valence-corrected chi connectivity index (χ3v) is 3.14. The SMILES string of the molecule is O=C(O)CC[C@H](NC(=O)CCC(=O)N[C@H](CCC(=O)O)C(=O)O)C(=O)O. The Kier molecular flexibility index (Phi) is 9.99. The van der Waals surface area contributed by atoms with E-state index >= 15 is 0 Å². The highest BCUT2D eigenvalue weighted by Crippen LogP contribution is 2.02. The van der Waals surface area contributed by atoms with Crippen LogP contribution in [0.25, 0.3) is 0 Å². The summed E-state index contributed by atoms with van der Waals surface area (Å²) in [7, 11) is 0. The number of carbonyl (C=O) groups is 6. The van der Waals surface area contributed by atoms with Crippen molar-refractivity contribution in [3.8, 4) is 0 Å². The van der Waals surface area contributed by atoms with Crippen LogP contribution in [0.4, 0.5) is 0 Å². The second kappa shape index (κ2) is 11.4. The lowest BCUT2D eigenvalue weighted by molar-refractivity contribution is -0.144. The van der Waals surface area contributed by atoms with E-state index in [0.29, 0.717) is 0 Å². The third kappa shape index (κ3) is 10.6. The van der Waals surface area contributed by atoms with Gasteiger partial charge >= 0.3 is 23.9 Å². The first-order chi connectivity index (χ1) is 12.0. The molecule has 0 aliphatic carbocycles. The maximum Gasteiger partial charge on any atom is 0.326 e. The molecule has 0 fully saturated rings. The second-order valence-corrected chi connectivity index (χ2v) is 5.28. The van der Waals surface area contributed by atoms with Crippen LogP contribution < -0.4 is 10.6 Å². The number of carbonyl (C=O) groups excluding carboxylic acids is 2. The number of aliphatic carboxylic acids is 4. The quantitative estimate of drug-likeness (QED) is 0.222. The molecule has 0 aromatic heterocycles. The number of carboxylic acid groups (broad SMARTS) is 4. The Morgan fingerprint density at radius 3 is 1.12 bits per heavy atom. The zero-order valence-electron chi connectivity index (χ0n) is 13.6. The zero-order chi connectivity index (χ0) is 20.3. The Bertz CT molecular complexity index is 524. The minimum absolute atomic E-state index is 0.334. The Morgan fingerprint density at radius 1 is 0.577 bits per heavy atom. The van der Waals surface area contributed by atoms with Crippen LogP contribution in [0, 0.1) is 0 Å². The van der Waals surface area contributed by atoms with E-state index in [0.717, 1.165) is 0 Å².